The lowest BCUT2D eigenvalue weighted by atomic mass is 10.6. The van der Waals surface area contributed by atoms with Crippen molar-refractivity contribution in [3.05, 3.63) is 12.3 Å². The van der Waals surface area contributed by atoms with Crippen LogP contribution in [0.15, 0.2) is 12.3 Å². The van der Waals surface area contributed by atoms with E-state index < -0.39 is 8.32 Å². The van der Waals surface area contributed by atoms with Gasteiger partial charge in [-0.3, -0.25) is 0 Å². The largest absolute Gasteiger partial charge is 0.545 e. The van der Waals surface area contributed by atoms with Crippen LogP contribution in [0.1, 0.15) is 0 Å². The Morgan fingerprint density at radius 2 is 1.43 bits per heavy atom. The Balaban J connectivity index is 4.61. The Morgan fingerprint density at radius 1 is 1.07 bits per heavy atom. The van der Waals surface area contributed by atoms with Gasteiger partial charge in [-0.05, 0) is 38.4 Å². The summed E-state index contributed by atoms with van der Waals surface area (Å²) < 4.78 is 5.92. The van der Waals surface area contributed by atoms with E-state index in [0.717, 1.165) is 5.76 Å². The summed E-state index contributed by atoms with van der Waals surface area (Å²) in [7, 11) is -1.52. The van der Waals surface area contributed by atoms with Crippen molar-refractivity contribution in [1.29, 1.82) is 0 Å². The van der Waals surface area contributed by atoms with Crippen LogP contribution in [0, 0.1) is 0 Å². The molecular formula is C9H20OS3Si. The topological polar surface area (TPSA) is 9.23 Å². The molecule has 0 amide bonds. The van der Waals surface area contributed by atoms with Gasteiger partial charge in [0.1, 0.15) is 5.76 Å². The Morgan fingerprint density at radius 3 is 1.64 bits per heavy atom. The summed E-state index contributed by atoms with van der Waals surface area (Å²) in [6, 6.07) is 0. The van der Waals surface area contributed by atoms with Gasteiger partial charge in [0.2, 0.25) is 8.32 Å². The molecule has 0 heterocycles. The highest BCUT2D eigenvalue weighted by atomic mass is 32.3. The summed E-state index contributed by atoms with van der Waals surface area (Å²) in [5, 5.41) is 0. The van der Waals surface area contributed by atoms with Gasteiger partial charge in [0.25, 0.3) is 0 Å². The molecule has 5 heteroatoms. The normalized spacial score (nSPS) is 12.7. The van der Waals surface area contributed by atoms with Crippen LogP contribution < -0.4 is 0 Å². The summed E-state index contributed by atoms with van der Waals surface area (Å²) in [5.74, 6) is 0.907. The summed E-state index contributed by atoms with van der Waals surface area (Å²) >= 11 is 5.37. The lowest BCUT2D eigenvalue weighted by Gasteiger charge is -2.34. The van der Waals surface area contributed by atoms with E-state index in [-0.39, 0.29) is 3.41 Å². The second-order valence-corrected chi connectivity index (χ2v) is 12.1. The van der Waals surface area contributed by atoms with Crippen molar-refractivity contribution in [2.75, 3.05) is 18.8 Å². The molecule has 0 saturated heterocycles. The zero-order valence-electron chi connectivity index (χ0n) is 9.84. The predicted molar refractivity (Wildman–Crippen MR) is 76.8 cm³/mol. The minimum atomic E-state index is -1.52. The van der Waals surface area contributed by atoms with Gasteiger partial charge in [0, 0.05) is 0 Å². The Kier molecular flexibility index (Phi) is 6.11. The molecule has 0 aliphatic heterocycles. The second kappa shape index (κ2) is 5.77. The molecule has 0 unspecified atom stereocenters. The van der Waals surface area contributed by atoms with E-state index in [1.807, 2.05) is 0 Å². The van der Waals surface area contributed by atoms with Crippen LogP contribution in [0.2, 0.25) is 19.6 Å². The molecule has 0 radical (unpaired) electrons. The van der Waals surface area contributed by atoms with E-state index in [0.29, 0.717) is 0 Å². The van der Waals surface area contributed by atoms with E-state index in [1.165, 1.54) is 0 Å². The van der Waals surface area contributed by atoms with Gasteiger partial charge in [0.05, 0.1) is 0 Å². The van der Waals surface area contributed by atoms with Gasteiger partial charge in [-0.1, -0.05) is 6.58 Å². The van der Waals surface area contributed by atoms with Crippen LogP contribution in [0.25, 0.3) is 0 Å². The molecule has 84 valence electrons. The molecule has 0 aromatic rings. The van der Waals surface area contributed by atoms with Crippen molar-refractivity contribution in [2.24, 2.45) is 0 Å². The minimum Gasteiger partial charge on any atom is -0.545 e. The highest BCUT2D eigenvalue weighted by molar-refractivity contribution is 8.33. The summed E-state index contributed by atoms with van der Waals surface area (Å²) in [6.07, 6.45) is 6.31. The summed E-state index contributed by atoms with van der Waals surface area (Å²) in [6.45, 7) is 10.6. The second-order valence-electron chi connectivity index (χ2n) is 3.81. The maximum Gasteiger partial charge on any atom is 0.241 e. The quantitative estimate of drug-likeness (QED) is 0.407. The first-order chi connectivity index (χ1) is 6.31. The lowest BCUT2D eigenvalue weighted by molar-refractivity contribution is 0.420. The van der Waals surface area contributed by atoms with Crippen LogP contribution in [0.4, 0.5) is 0 Å². The van der Waals surface area contributed by atoms with Crippen molar-refractivity contribution in [2.45, 2.75) is 23.1 Å². The molecule has 14 heavy (non-hydrogen) atoms. The van der Waals surface area contributed by atoms with Crippen LogP contribution >= 0.6 is 35.3 Å². The highest BCUT2D eigenvalue weighted by Gasteiger charge is 2.34. The molecule has 0 aromatic heterocycles. The zero-order valence-corrected chi connectivity index (χ0v) is 13.3. The van der Waals surface area contributed by atoms with Crippen molar-refractivity contribution in [3.63, 3.8) is 0 Å². The predicted octanol–water partition coefficient (Wildman–Crippen LogP) is 4.09. The molecule has 0 rings (SSSR count). The molecule has 0 aliphatic carbocycles. The van der Waals surface area contributed by atoms with Gasteiger partial charge >= 0.3 is 0 Å². The lowest BCUT2D eigenvalue weighted by Crippen LogP contribution is -2.31. The van der Waals surface area contributed by atoms with Crippen LogP contribution in [-0.2, 0) is 4.43 Å². The molecule has 0 aromatic carbocycles. The van der Waals surface area contributed by atoms with Gasteiger partial charge in [-0.25, -0.2) is 0 Å². The van der Waals surface area contributed by atoms with Crippen LogP contribution in [-0.4, -0.2) is 30.5 Å². The SMILES string of the molecule is C=C(O[Si](C)(C)C)C(SC)(SC)SC. The molecule has 0 aliphatic rings. The molecule has 0 bridgehead atoms. The van der Waals surface area contributed by atoms with Crippen molar-refractivity contribution in [1.82, 2.24) is 0 Å². The van der Waals surface area contributed by atoms with Gasteiger partial charge in [0.15, 0.2) is 3.41 Å². The fraction of sp³-hybridized carbons (Fsp3) is 0.778. The maximum absolute atomic E-state index is 5.96. The van der Waals surface area contributed by atoms with Crippen molar-refractivity contribution in [3.8, 4) is 0 Å². The molecule has 0 N–H and O–H groups in total. The van der Waals surface area contributed by atoms with E-state index >= 15 is 0 Å². The molecule has 0 spiro atoms. The molecule has 1 nitrogen and oxygen atoms in total. The van der Waals surface area contributed by atoms with Crippen LogP contribution in [0.3, 0.4) is 0 Å². The van der Waals surface area contributed by atoms with E-state index in [9.17, 15) is 0 Å². The average Bonchev–Trinajstić information content (AvgIpc) is 2.05. The fourth-order valence-electron chi connectivity index (χ4n) is 1.02. The first-order valence-corrected chi connectivity index (χ1v) is 11.4. The standard InChI is InChI=1S/C9H20OS3Si/c1-8(10-14(5,6)7)9(11-2,12-3)13-4/h1H2,2-7H3. The van der Waals surface area contributed by atoms with E-state index in [4.69, 9.17) is 4.43 Å². The monoisotopic (exact) mass is 268 g/mol. The molecule has 0 atom stereocenters. The minimum absolute atomic E-state index is 0.0414. The van der Waals surface area contributed by atoms with Gasteiger partial charge in [-0.2, -0.15) is 0 Å². The Bertz CT molecular complexity index is 188. The first kappa shape index (κ1) is 14.8. The summed E-state index contributed by atoms with van der Waals surface area (Å²) in [4.78, 5) is 0. The number of thioether (sulfide) groups is 3. The van der Waals surface area contributed by atoms with E-state index in [2.05, 4.69) is 45.0 Å². The number of rotatable bonds is 6. The summed E-state index contributed by atoms with van der Waals surface area (Å²) in [5.41, 5.74) is 0. The maximum atomic E-state index is 5.96. The zero-order chi connectivity index (χ0) is 11.4. The molecule has 0 fully saturated rings. The third-order valence-electron chi connectivity index (χ3n) is 1.58. The third kappa shape index (κ3) is 4.12. The third-order valence-corrected chi connectivity index (χ3v) is 7.73. The molecular weight excluding hydrogens is 248 g/mol. The Hall–Kier alpha value is 0.807. The highest BCUT2D eigenvalue weighted by Crippen LogP contribution is 2.49. The van der Waals surface area contributed by atoms with Crippen molar-refractivity contribution < 1.29 is 4.43 Å². The first-order valence-electron chi connectivity index (χ1n) is 4.35. The van der Waals surface area contributed by atoms with Crippen LogP contribution in [0.5, 0.6) is 0 Å². The van der Waals surface area contributed by atoms with E-state index in [1.54, 1.807) is 35.3 Å². The molecule has 0 saturated carbocycles. The van der Waals surface area contributed by atoms with Crippen molar-refractivity contribution >= 4 is 43.6 Å². The number of hydrogen-bond acceptors (Lipinski definition) is 4. The smallest absolute Gasteiger partial charge is 0.241 e. The fourth-order valence-corrected chi connectivity index (χ4v) is 4.95. The number of hydrogen-bond donors (Lipinski definition) is 0. The van der Waals surface area contributed by atoms with Gasteiger partial charge in [-0.15, -0.1) is 35.3 Å². The Labute approximate surface area is 102 Å². The average molecular weight is 269 g/mol. The van der Waals surface area contributed by atoms with Gasteiger partial charge < -0.3 is 4.43 Å².